The van der Waals surface area contributed by atoms with Crippen LogP contribution in [0, 0.1) is 6.92 Å². The first kappa shape index (κ1) is 21.1. The van der Waals surface area contributed by atoms with Crippen molar-refractivity contribution in [2.75, 3.05) is 29.1 Å². The molecule has 7 nitrogen and oxygen atoms in total. The Labute approximate surface area is 182 Å². The van der Waals surface area contributed by atoms with Gasteiger partial charge in [0.2, 0.25) is 0 Å². The van der Waals surface area contributed by atoms with Gasteiger partial charge < -0.3 is 9.80 Å². The van der Waals surface area contributed by atoms with Gasteiger partial charge in [-0.25, -0.2) is 8.42 Å². The SMILES string of the molecule is CCN1c2ccc(-c3ccc(S(C)(=O)=O)cc3)cc2N(C(=O)c2cc(C)[nH]n2)C[C@@H]1C. The van der Waals surface area contributed by atoms with Crippen LogP contribution < -0.4 is 9.80 Å². The average molecular weight is 439 g/mol. The van der Waals surface area contributed by atoms with E-state index in [1.165, 1.54) is 6.26 Å². The number of hydrogen-bond donors (Lipinski definition) is 1. The lowest BCUT2D eigenvalue weighted by molar-refractivity contribution is 0.0979. The zero-order valence-corrected chi connectivity index (χ0v) is 18.9. The molecule has 0 aliphatic carbocycles. The van der Waals surface area contributed by atoms with Crippen molar-refractivity contribution in [1.29, 1.82) is 0 Å². The fraction of sp³-hybridized carbons (Fsp3) is 0.304. The molecule has 2 aromatic carbocycles. The minimum atomic E-state index is -3.25. The monoisotopic (exact) mass is 438 g/mol. The molecule has 0 saturated carbocycles. The van der Waals surface area contributed by atoms with Crippen LogP contribution in [-0.4, -0.2) is 49.9 Å². The molecule has 8 heteroatoms. The van der Waals surface area contributed by atoms with Crippen molar-refractivity contribution in [1.82, 2.24) is 10.2 Å². The third kappa shape index (κ3) is 3.95. The summed E-state index contributed by atoms with van der Waals surface area (Å²) < 4.78 is 23.5. The number of fused-ring (bicyclic) bond motifs is 1. The highest BCUT2D eigenvalue weighted by atomic mass is 32.2. The van der Waals surface area contributed by atoms with Gasteiger partial charge in [-0.15, -0.1) is 0 Å². The van der Waals surface area contributed by atoms with E-state index < -0.39 is 9.84 Å². The quantitative estimate of drug-likeness (QED) is 0.672. The molecule has 2 heterocycles. The van der Waals surface area contributed by atoms with Crippen LogP contribution in [0.5, 0.6) is 0 Å². The van der Waals surface area contributed by atoms with Crippen LogP contribution in [0.15, 0.2) is 53.4 Å². The Balaban J connectivity index is 1.78. The standard InChI is InChI=1S/C23H26N4O3S/c1-5-26-16(3)14-27(23(28)20-12-15(2)24-25-20)22-13-18(8-11-21(22)26)17-6-9-19(10-7-17)31(4,29)30/h6-13,16H,5,14H2,1-4H3,(H,24,25)/t16-/m0/s1. The molecule has 3 aromatic rings. The molecule has 0 fully saturated rings. The maximum atomic E-state index is 13.3. The highest BCUT2D eigenvalue weighted by Gasteiger charge is 2.32. The second-order valence-electron chi connectivity index (χ2n) is 7.99. The largest absolute Gasteiger partial charge is 0.366 e. The molecule has 162 valence electrons. The van der Waals surface area contributed by atoms with Crippen molar-refractivity contribution in [3.63, 3.8) is 0 Å². The smallest absolute Gasteiger partial charge is 0.278 e. The van der Waals surface area contributed by atoms with Crippen LogP contribution in [0.2, 0.25) is 0 Å². The number of sulfone groups is 1. The Morgan fingerprint density at radius 1 is 1.10 bits per heavy atom. The van der Waals surface area contributed by atoms with Crippen molar-refractivity contribution < 1.29 is 13.2 Å². The fourth-order valence-electron chi connectivity index (χ4n) is 4.10. The van der Waals surface area contributed by atoms with Gasteiger partial charge in [-0.3, -0.25) is 9.89 Å². The van der Waals surface area contributed by atoms with Crippen LogP contribution in [0.25, 0.3) is 11.1 Å². The Hall–Kier alpha value is -3.13. The molecular formula is C23H26N4O3S. The number of rotatable bonds is 4. The lowest BCUT2D eigenvalue weighted by atomic mass is 10.0. The Morgan fingerprint density at radius 3 is 2.35 bits per heavy atom. The predicted octanol–water partition coefficient (Wildman–Crippen LogP) is 3.66. The highest BCUT2D eigenvalue weighted by Crippen LogP contribution is 2.39. The minimum absolute atomic E-state index is 0.141. The lowest BCUT2D eigenvalue weighted by Crippen LogP contribution is -2.49. The van der Waals surface area contributed by atoms with Crippen molar-refractivity contribution in [3.8, 4) is 11.1 Å². The molecule has 0 saturated heterocycles. The summed E-state index contributed by atoms with van der Waals surface area (Å²) in [6.45, 7) is 7.47. The van der Waals surface area contributed by atoms with E-state index in [0.717, 1.165) is 34.7 Å². The third-order valence-corrected chi connectivity index (χ3v) is 6.81. The molecule has 31 heavy (non-hydrogen) atoms. The van der Waals surface area contributed by atoms with E-state index in [1.807, 2.05) is 25.1 Å². The molecule has 0 radical (unpaired) electrons. The van der Waals surface area contributed by atoms with Crippen LogP contribution in [0.3, 0.4) is 0 Å². The minimum Gasteiger partial charge on any atom is -0.366 e. The van der Waals surface area contributed by atoms with E-state index in [0.29, 0.717) is 12.2 Å². The summed E-state index contributed by atoms with van der Waals surface area (Å²) in [6, 6.07) is 14.8. The summed E-state index contributed by atoms with van der Waals surface area (Å²) in [7, 11) is -3.25. The van der Waals surface area contributed by atoms with Gasteiger partial charge >= 0.3 is 0 Å². The number of likely N-dealkylation sites (N-methyl/N-ethyl adjacent to an activating group) is 1. The summed E-state index contributed by atoms with van der Waals surface area (Å²) in [4.78, 5) is 17.6. The van der Waals surface area contributed by atoms with Crippen LogP contribution >= 0.6 is 0 Å². The average Bonchev–Trinajstić information content (AvgIpc) is 3.18. The number of aryl methyl sites for hydroxylation is 1. The van der Waals surface area contributed by atoms with E-state index in [1.54, 1.807) is 35.2 Å². The van der Waals surface area contributed by atoms with Gasteiger partial charge in [0.25, 0.3) is 5.91 Å². The first-order valence-electron chi connectivity index (χ1n) is 10.2. The number of benzene rings is 2. The molecule has 1 N–H and O–H groups in total. The summed E-state index contributed by atoms with van der Waals surface area (Å²) in [5.74, 6) is -0.141. The first-order valence-corrected chi connectivity index (χ1v) is 12.1. The van der Waals surface area contributed by atoms with E-state index in [-0.39, 0.29) is 16.8 Å². The van der Waals surface area contributed by atoms with Gasteiger partial charge in [0.05, 0.1) is 16.3 Å². The number of carbonyl (C=O) groups is 1. The Kier molecular flexibility index (Phi) is 5.35. The molecule has 1 amide bonds. The molecule has 0 unspecified atom stereocenters. The number of carbonyl (C=O) groups excluding carboxylic acids is 1. The van der Waals surface area contributed by atoms with Gasteiger partial charge in [0.15, 0.2) is 15.5 Å². The molecule has 4 rings (SSSR count). The molecule has 1 aromatic heterocycles. The maximum absolute atomic E-state index is 13.3. The van der Waals surface area contributed by atoms with Crippen molar-refractivity contribution >= 4 is 27.1 Å². The topological polar surface area (TPSA) is 86.4 Å². The Bertz CT molecular complexity index is 1230. The zero-order chi connectivity index (χ0) is 22.3. The molecule has 0 bridgehead atoms. The number of hydrogen-bond acceptors (Lipinski definition) is 5. The second kappa shape index (κ2) is 7.85. The van der Waals surface area contributed by atoms with Crippen LogP contribution in [0.4, 0.5) is 11.4 Å². The molecule has 1 aliphatic rings. The second-order valence-corrected chi connectivity index (χ2v) is 10.0. The zero-order valence-electron chi connectivity index (χ0n) is 18.1. The van der Waals surface area contributed by atoms with E-state index in [4.69, 9.17) is 0 Å². The molecule has 1 aliphatic heterocycles. The van der Waals surface area contributed by atoms with E-state index >= 15 is 0 Å². The summed E-state index contributed by atoms with van der Waals surface area (Å²) in [6.07, 6.45) is 1.20. The van der Waals surface area contributed by atoms with Gasteiger partial charge in [-0.05, 0) is 62.2 Å². The van der Waals surface area contributed by atoms with Crippen molar-refractivity contribution in [2.45, 2.75) is 31.7 Å². The normalized spacial score (nSPS) is 16.3. The third-order valence-electron chi connectivity index (χ3n) is 5.68. The van der Waals surface area contributed by atoms with Crippen molar-refractivity contribution in [2.24, 2.45) is 0 Å². The molecular weight excluding hydrogens is 412 g/mol. The predicted molar refractivity (Wildman–Crippen MR) is 122 cm³/mol. The number of nitrogens with one attached hydrogen (secondary N) is 1. The number of H-pyrrole nitrogens is 1. The number of amides is 1. The van der Waals surface area contributed by atoms with E-state index in [9.17, 15) is 13.2 Å². The van der Waals surface area contributed by atoms with Gasteiger partial charge in [0, 0.05) is 31.1 Å². The summed E-state index contributed by atoms with van der Waals surface area (Å²) in [5.41, 5.74) is 4.86. The lowest BCUT2D eigenvalue weighted by Gasteiger charge is -2.42. The summed E-state index contributed by atoms with van der Waals surface area (Å²) in [5, 5.41) is 7.00. The van der Waals surface area contributed by atoms with Crippen LogP contribution in [-0.2, 0) is 9.84 Å². The molecule has 0 spiro atoms. The number of aromatic nitrogens is 2. The fourth-order valence-corrected chi connectivity index (χ4v) is 4.73. The number of nitrogens with zero attached hydrogens (tertiary/aromatic N) is 3. The Morgan fingerprint density at radius 2 is 1.77 bits per heavy atom. The van der Waals surface area contributed by atoms with Gasteiger partial charge in [0.1, 0.15) is 0 Å². The first-order chi connectivity index (χ1) is 14.7. The molecule has 1 atom stereocenters. The van der Waals surface area contributed by atoms with Crippen molar-refractivity contribution in [3.05, 3.63) is 59.9 Å². The number of aromatic amines is 1. The van der Waals surface area contributed by atoms with E-state index in [2.05, 4.69) is 28.9 Å². The summed E-state index contributed by atoms with van der Waals surface area (Å²) >= 11 is 0. The van der Waals surface area contributed by atoms with Crippen LogP contribution in [0.1, 0.15) is 30.0 Å². The highest BCUT2D eigenvalue weighted by molar-refractivity contribution is 7.90. The van der Waals surface area contributed by atoms with Gasteiger partial charge in [-0.1, -0.05) is 18.2 Å². The van der Waals surface area contributed by atoms with Gasteiger partial charge in [-0.2, -0.15) is 5.10 Å². The maximum Gasteiger partial charge on any atom is 0.278 e. The number of anilines is 2.